The highest BCUT2D eigenvalue weighted by molar-refractivity contribution is 5.81. The Bertz CT molecular complexity index is 2470. The largest absolute Gasteiger partial charge is 0.337 e. The average Bonchev–Trinajstić information content (AvgIpc) is 3.63. The smallest absolute Gasteiger partial charge is 0.157 e. The van der Waals surface area contributed by atoms with E-state index >= 15 is 0 Å². The van der Waals surface area contributed by atoms with E-state index in [4.69, 9.17) is 9.97 Å². The molecule has 1 unspecified atom stereocenters. The Balaban J connectivity index is 1.03. The molecule has 0 spiro atoms. The Morgan fingerprint density at radius 2 is 1.49 bits per heavy atom. The lowest BCUT2D eigenvalue weighted by atomic mass is 9.97. The van der Waals surface area contributed by atoms with Crippen molar-refractivity contribution in [1.82, 2.24) is 14.5 Å². The van der Waals surface area contributed by atoms with Crippen LogP contribution in [0.1, 0.15) is 23.7 Å². The van der Waals surface area contributed by atoms with Gasteiger partial charge in [-0.1, -0.05) is 78.9 Å². The van der Waals surface area contributed by atoms with Crippen molar-refractivity contribution in [3.05, 3.63) is 187 Å². The number of fused-ring (bicyclic) bond motifs is 2. The van der Waals surface area contributed by atoms with Crippen LogP contribution in [0.4, 0.5) is 34.3 Å². The number of aliphatic imine (C=N–C) groups is 1. The number of pyridine rings is 1. The predicted molar refractivity (Wildman–Crippen MR) is 219 cm³/mol. The van der Waals surface area contributed by atoms with Gasteiger partial charge in [0.15, 0.2) is 5.82 Å². The van der Waals surface area contributed by atoms with Crippen molar-refractivity contribution in [2.75, 3.05) is 27.8 Å². The van der Waals surface area contributed by atoms with E-state index in [-0.39, 0.29) is 5.92 Å². The van der Waals surface area contributed by atoms with Crippen LogP contribution in [0.2, 0.25) is 0 Å². The topological polar surface area (TPSA) is 52.8 Å². The van der Waals surface area contributed by atoms with Crippen LogP contribution in [0.3, 0.4) is 0 Å². The molecule has 0 saturated heterocycles. The molecule has 0 radical (unpaired) electrons. The Morgan fingerprint density at radius 1 is 0.736 bits per heavy atom. The summed E-state index contributed by atoms with van der Waals surface area (Å²) < 4.78 is 2.32. The highest BCUT2D eigenvalue weighted by Gasteiger charge is 2.29. The molecule has 53 heavy (non-hydrogen) atoms. The van der Waals surface area contributed by atoms with Crippen molar-refractivity contribution >= 4 is 52.0 Å². The molecular formula is C46H39N7. The first-order chi connectivity index (χ1) is 26.2. The third kappa shape index (κ3) is 6.16. The molecule has 1 aliphatic carbocycles. The van der Waals surface area contributed by atoms with Crippen molar-refractivity contribution in [2.45, 2.75) is 18.9 Å². The molecular weight excluding hydrogens is 651 g/mol. The summed E-state index contributed by atoms with van der Waals surface area (Å²) in [4.78, 5) is 21.6. The third-order valence-electron chi connectivity index (χ3n) is 10.1. The van der Waals surface area contributed by atoms with Gasteiger partial charge in [0, 0.05) is 54.5 Å². The monoisotopic (exact) mass is 689 g/mol. The fourth-order valence-corrected chi connectivity index (χ4v) is 7.67. The summed E-state index contributed by atoms with van der Waals surface area (Å²) in [5, 5.41) is 0. The maximum atomic E-state index is 5.20. The maximum Gasteiger partial charge on any atom is 0.157 e. The van der Waals surface area contributed by atoms with Crippen LogP contribution in [0, 0.1) is 0 Å². The maximum absolute atomic E-state index is 5.20. The van der Waals surface area contributed by atoms with Gasteiger partial charge in [-0.3, -0.25) is 9.56 Å². The molecule has 2 aromatic heterocycles. The van der Waals surface area contributed by atoms with E-state index in [0.29, 0.717) is 6.54 Å². The van der Waals surface area contributed by atoms with Crippen molar-refractivity contribution < 1.29 is 0 Å². The van der Waals surface area contributed by atoms with Crippen molar-refractivity contribution in [2.24, 2.45) is 4.99 Å². The van der Waals surface area contributed by atoms with Crippen LogP contribution >= 0.6 is 0 Å². The molecule has 2 aliphatic rings. The SMILES string of the molecule is C=Nc1ccccc1N(Cc1cccc(N2CCN(C3=CC(c4nc5ccccc5n4-c4ccccc4)CC=C3)c3cccnc32)c1)c1ccccc1. The summed E-state index contributed by atoms with van der Waals surface area (Å²) in [5.74, 6) is 2.12. The second-order valence-corrected chi connectivity index (χ2v) is 13.4. The standard InChI is InChI=1S/C46H39N7/c1-47-40-23-8-10-25-42(40)52(36-17-4-2-5-18-36)33-34-15-12-21-38(31-34)51-30-29-50(44-27-14-28-48-46(44)51)39-22-13-16-35(32-39)45-49-41-24-9-11-26-43(41)53(45)37-19-6-3-7-20-37/h2-15,17-28,31-32,35H,1,16,29-30,33H2. The fourth-order valence-electron chi connectivity index (χ4n) is 7.67. The van der Waals surface area contributed by atoms with Gasteiger partial charge in [-0.05, 0) is 104 Å². The average molecular weight is 690 g/mol. The lowest BCUT2D eigenvalue weighted by Gasteiger charge is -2.39. The van der Waals surface area contributed by atoms with Crippen LogP contribution < -0.4 is 14.7 Å². The normalized spacial score (nSPS) is 15.2. The van der Waals surface area contributed by atoms with Gasteiger partial charge < -0.3 is 14.7 Å². The van der Waals surface area contributed by atoms with Gasteiger partial charge in [0.1, 0.15) is 5.82 Å². The summed E-state index contributed by atoms with van der Waals surface area (Å²) in [7, 11) is 0. The lowest BCUT2D eigenvalue weighted by Crippen LogP contribution is -2.39. The fraction of sp³-hybridized carbons (Fsp3) is 0.109. The van der Waals surface area contributed by atoms with Crippen LogP contribution in [0.5, 0.6) is 0 Å². The first-order valence-corrected chi connectivity index (χ1v) is 18.1. The van der Waals surface area contributed by atoms with E-state index in [0.717, 1.165) is 76.3 Å². The van der Waals surface area contributed by atoms with Crippen molar-refractivity contribution in [3.8, 4) is 5.69 Å². The van der Waals surface area contributed by atoms with E-state index in [2.05, 4.69) is 171 Å². The molecule has 0 amide bonds. The van der Waals surface area contributed by atoms with Gasteiger partial charge in [0.25, 0.3) is 0 Å². The Labute approximate surface area is 310 Å². The van der Waals surface area contributed by atoms with E-state index in [1.54, 1.807) is 0 Å². The number of para-hydroxylation sites is 6. The molecule has 7 aromatic rings. The molecule has 0 N–H and O–H groups in total. The number of aromatic nitrogens is 3. The summed E-state index contributed by atoms with van der Waals surface area (Å²) in [6, 6.07) is 50.7. The zero-order valence-electron chi connectivity index (χ0n) is 29.4. The van der Waals surface area contributed by atoms with Crippen LogP contribution in [-0.4, -0.2) is 34.3 Å². The molecule has 3 heterocycles. The minimum Gasteiger partial charge on any atom is -0.337 e. The minimum atomic E-state index is 0.117. The highest BCUT2D eigenvalue weighted by Crippen LogP contribution is 2.41. The number of rotatable bonds is 9. The number of allylic oxidation sites excluding steroid dienone is 3. The number of benzene rings is 5. The van der Waals surface area contributed by atoms with Gasteiger partial charge in [-0.25, -0.2) is 9.97 Å². The molecule has 7 heteroatoms. The minimum absolute atomic E-state index is 0.117. The zero-order chi connectivity index (χ0) is 35.6. The molecule has 7 nitrogen and oxygen atoms in total. The van der Waals surface area contributed by atoms with Crippen molar-refractivity contribution in [3.63, 3.8) is 0 Å². The van der Waals surface area contributed by atoms with E-state index < -0.39 is 0 Å². The van der Waals surface area contributed by atoms with Gasteiger partial charge in [-0.2, -0.15) is 0 Å². The highest BCUT2D eigenvalue weighted by atomic mass is 15.3. The lowest BCUT2D eigenvalue weighted by molar-refractivity contribution is 0.736. The van der Waals surface area contributed by atoms with Crippen molar-refractivity contribution in [1.29, 1.82) is 0 Å². The van der Waals surface area contributed by atoms with Gasteiger partial charge in [0.05, 0.1) is 28.1 Å². The molecule has 0 bridgehead atoms. The number of imidazole rings is 1. The third-order valence-corrected chi connectivity index (χ3v) is 10.1. The van der Waals surface area contributed by atoms with E-state index in [1.165, 1.54) is 11.3 Å². The molecule has 1 aliphatic heterocycles. The summed E-state index contributed by atoms with van der Waals surface area (Å²) >= 11 is 0. The molecule has 5 aromatic carbocycles. The number of hydrogen-bond acceptors (Lipinski definition) is 6. The summed E-state index contributed by atoms with van der Waals surface area (Å²) in [6.07, 6.45) is 9.72. The number of nitrogens with zero attached hydrogens (tertiary/aromatic N) is 7. The Morgan fingerprint density at radius 3 is 2.36 bits per heavy atom. The summed E-state index contributed by atoms with van der Waals surface area (Å²) in [6.45, 7) is 6.13. The predicted octanol–water partition coefficient (Wildman–Crippen LogP) is 10.7. The molecule has 9 rings (SSSR count). The zero-order valence-corrected chi connectivity index (χ0v) is 29.4. The second kappa shape index (κ2) is 14.1. The Hall–Kier alpha value is -6.73. The van der Waals surface area contributed by atoms with Gasteiger partial charge in [-0.15, -0.1) is 0 Å². The Kier molecular flexibility index (Phi) is 8.58. The number of anilines is 5. The molecule has 0 saturated carbocycles. The quantitative estimate of drug-likeness (QED) is 0.141. The number of hydrogen-bond donors (Lipinski definition) is 0. The van der Waals surface area contributed by atoms with Crippen LogP contribution in [0.15, 0.2) is 181 Å². The second-order valence-electron chi connectivity index (χ2n) is 13.4. The van der Waals surface area contributed by atoms with Crippen LogP contribution in [0.25, 0.3) is 16.7 Å². The van der Waals surface area contributed by atoms with E-state index in [1.807, 2.05) is 30.5 Å². The van der Waals surface area contributed by atoms with Gasteiger partial charge in [0.2, 0.25) is 0 Å². The molecule has 0 fully saturated rings. The van der Waals surface area contributed by atoms with Crippen LogP contribution in [-0.2, 0) is 6.54 Å². The first-order valence-electron chi connectivity index (χ1n) is 18.1. The molecule has 1 atom stereocenters. The first kappa shape index (κ1) is 32.2. The van der Waals surface area contributed by atoms with E-state index in [9.17, 15) is 0 Å². The summed E-state index contributed by atoms with van der Waals surface area (Å²) in [5.41, 5.74) is 10.8. The molecule has 258 valence electrons. The van der Waals surface area contributed by atoms with Gasteiger partial charge >= 0.3 is 0 Å².